The van der Waals surface area contributed by atoms with Gasteiger partial charge in [0.1, 0.15) is 0 Å². The summed E-state index contributed by atoms with van der Waals surface area (Å²) in [6.07, 6.45) is 9.73. The van der Waals surface area contributed by atoms with Crippen molar-refractivity contribution in [3.05, 3.63) is 30.3 Å². The summed E-state index contributed by atoms with van der Waals surface area (Å²) in [6, 6.07) is 10.1. The first-order chi connectivity index (χ1) is 14.2. The van der Waals surface area contributed by atoms with Crippen molar-refractivity contribution in [2.24, 2.45) is 5.92 Å². The summed E-state index contributed by atoms with van der Waals surface area (Å²) >= 11 is 0. The van der Waals surface area contributed by atoms with Gasteiger partial charge >= 0.3 is 5.97 Å². The first-order valence-electron chi connectivity index (χ1n) is 10.7. The van der Waals surface area contributed by atoms with Gasteiger partial charge in [-0.2, -0.15) is 14.7 Å². The lowest BCUT2D eigenvalue weighted by Crippen LogP contribution is -2.46. The van der Waals surface area contributed by atoms with E-state index in [1.54, 1.807) is 0 Å². The summed E-state index contributed by atoms with van der Waals surface area (Å²) in [5, 5.41) is 3.42. The van der Waals surface area contributed by atoms with Crippen LogP contribution in [0.25, 0.3) is 0 Å². The van der Waals surface area contributed by atoms with Crippen molar-refractivity contribution in [2.75, 3.05) is 33.2 Å². The van der Waals surface area contributed by atoms with Gasteiger partial charge in [-0.25, -0.2) is 14.7 Å². The van der Waals surface area contributed by atoms with Gasteiger partial charge in [0.2, 0.25) is 0 Å². The molecular formula is C22H39NO6. The lowest BCUT2D eigenvalue weighted by Gasteiger charge is -2.34. The fraction of sp³-hybridized carbons (Fsp3) is 0.727. The Morgan fingerprint density at radius 2 is 1.31 bits per heavy atom. The summed E-state index contributed by atoms with van der Waals surface area (Å²) < 4.78 is 0. The highest BCUT2D eigenvalue weighted by Gasteiger charge is 2.46. The van der Waals surface area contributed by atoms with Crippen molar-refractivity contribution in [2.45, 2.75) is 70.7 Å². The molecule has 1 N–H and O–H groups in total. The first kappa shape index (κ1) is 25.8. The van der Waals surface area contributed by atoms with E-state index in [-0.39, 0.29) is 5.92 Å². The monoisotopic (exact) mass is 413 g/mol. The smallest absolute Gasteiger partial charge is 0.368 e. The third-order valence-corrected chi connectivity index (χ3v) is 4.84. The van der Waals surface area contributed by atoms with Gasteiger partial charge < -0.3 is 5.32 Å². The van der Waals surface area contributed by atoms with Gasteiger partial charge in [-0.15, -0.1) is 0 Å². The molecule has 0 aliphatic heterocycles. The van der Waals surface area contributed by atoms with Crippen LogP contribution in [0.1, 0.15) is 64.7 Å². The van der Waals surface area contributed by atoms with Crippen molar-refractivity contribution in [1.29, 1.82) is 0 Å². The summed E-state index contributed by atoms with van der Waals surface area (Å²) in [5.41, 5.74) is 1.10. The number of anilines is 1. The lowest BCUT2D eigenvalue weighted by molar-refractivity contribution is -0.635. The predicted molar refractivity (Wildman–Crippen MR) is 113 cm³/mol. The second-order valence-corrected chi connectivity index (χ2v) is 7.04. The average molecular weight is 414 g/mol. The highest BCUT2D eigenvalue weighted by atomic mass is 17.4. The Kier molecular flexibility index (Phi) is 14.7. The summed E-state index contributed by atoms with van der Waals surface area (Å²) in [7, 11) is 4.22. The molecule has 0 amide bonds. The zero-order valence-corrected chi connectivity index (χ0v) is 18.5. The van der Waals surface area contributed by atoms with Crippen molar-refractivity contribution in [3.63, 3.8) is 0 Å². The van der Waals surface area contributed by atoms with Crippen molar-refractivity contribution < 1.29 is 29.3 Å². The highest BCUT2D eigenvalue weighted by Crippen LogP contribution is 2.34. The molecule has 0 bridgehead atoms. The number of para-hydroxylation sites is 1. The van der Waals surface area contributed by atoms with Crippen LogP contribution in [0.15, 0.2) is 30.3 Å². The molecule has 1 rings (SSSR count). The van der Waals surface area contributed by atoms with E-state index in [4.69, 9.17) is 29.3 Å². The van der Waals surface area contributed by atoms with E-state index in [0.29, 0.717) is 0 Å². The molecule has 1 atom stereocenters. The molecule has 0 aliphatic carbocycles. The topological polar surface area (TPSA) is 67.4 Å². The van der Waals surface area contributed by atoms with Crippen LogP contribution in [0, 0.1) is 5.92 Å². The maximum atomic E-state index is 5.37. The Morgan fingerprint density at radius 1 is 0.759 bits per heavy atom. The molecule has 1 aromatic carbocycles. The molecule has 0 spiro atoms. The second-order valence-electron chi connectivity index (χ2n) is 7.04. The zero-order chi connectivity index (χ0) is 21.2. The van der Waals surface area contributed by atoms with Crippen molar-refractivity contribution >= 4 is 5.69 Å². The number of hydrogen-bond acceptors (Lipinski definition) is 7. The Morgan fingerprint density at radius 3 is 1.90 bits per heavy atom. The maximum absolute atomic E-state index is 5.37. The van der Waals surface area contributed by atoms with E-state index in [1.807, 2.05) is 30.3 Å². The zero-order valence-electron chi connectivity index (χ0n) is 18.5. The van der Waals surface area contributed by atoms with Gasteiger partial charge in [0, 0.05) is 18.2 Å². The molecule has 0 saturated heterocycles. The Balaban J connectivity index is 2.65. The number of nitrogens with one attached hydrogen (secondary N) is 1. The maximum Gasteiger partial charge on any atom is 0.368 e. The van der Waals surface area contributed by atoms with E-state index >= 15 is 0 Å². The molecule has 0 aliphatic rings. The molecule has 29 heavy (non-hydrogen) atoms. The molecule has 1 aromatic rings. The Hall–Kier alpha value is -1.22. The van der Waals surface area contributed by atoms with Gasteiger partial charge in [0.15, 0.2) is 0 Å². The van der Waals surface area contributed by atoms with Gasteiger partial charge in [-0.1, -0.05) is 63.6 Å². The number of unbranched alkanes of at least 4 members (excludes halogenated alkanes) is 5. The quantitative estimate of drug-likeness (QED) is 0.136. The first-order valence-corrected chi connectivity index (χ1v) is 10.7. The SMILES string of the molecule is CCCCCCCCC(CCCNc1ccccc1)C(OOC)(OOC)OOC. The van der Waals surface area contributed by atoms with Crippen LogP contribution in [0.4, 0.5) is 5.69 Å². The van der Waals surface area contributed by atoms with Crippen LogP contribution in [0.5, 0.6) is 0 Å². The molecule has 7 nitrogen and oxygen atoms in total. The molecule has 0 saturated carbocycles. The van der Waals surface area contributed by atoms with Crippen LogP contribution in [0.2, 0.25) is 0 Å². The van der Waals surface area contributed by atoms with Crippen LogP contribution in [0.3, 0.4) is 0 Å². The minimum atomic E-state index is -1.57. The van der Waals surface area contributed by atoms with Crippen LogP contribution < -0.4 is 5.32 Å². The standard InChI is InChI=1S/C22H39NO6/c1-5-6-7-8-9-11-15-20(22(27-24-2,28-25-3)29-26-4)16-14-19-23-21-17-12-10-13-18-21/h10,12-13,17-18,20,23H,5-9,11,14-16,19H2,1-4H3. The molecule has 0 heterocycles. The van der Waals surface area contributed by atoms with E-state index in [2.05, 4.69) is 12.2 Å². The summed E-state index contributed by atoms with van der Waals surface area (Å²) in [6.45, 7) is 3.04. The highest BCUT2D eigenvalue weighted by molar-refractivity contribution is 5.42. The molecule has 168 valence electrons. The van der Waals surface area contributed by atoms with Gasteiger partial charge in [-0.05, 0) is 31.4 Å². The van der Waals surface area contributed by atoms with Gasteiger partial charge in [0.05, 0.1) is 21.3 Å². The molecule has 0 fully saturated rings. The second kappa shape index (κ2) is 16.6. The largest absolute Gasteiger partial charge is 0.385 e. The van der Waals surface area contributed by atoms with E-state index in [1.165, 1.54) is 47.0 Å². The number of rotatable bonds is 19. The molecule has 1 unspecified atom stereocenters. The minimum Gasteiger partial charge on any atom is -0.385 e. The third kappa shape index (κ3) is 10.4. The van der Waals surface area contributed by atoms with Crippen molar-refractivity contribution in [1.82, 2.24) is 0 Å². The fourth-order valence-electron chi connectivity index (χ4n) is 3.40. The Bertz CT molecular complexity index is 470. The van der Waals surface area contributed by atoms with Gasteiger partial charge in [-0.3, -0.25) is 0 Å². The molecule has 7 heteroatoms. The average Bonchev–Trinajstić information content (AvgIpc) is 2.73. The van der Waals surface area contributed by atoms with E-state index in [0.717, 1.165) is 44.3 Å². The number of benzene rings is 1. The fourth-order valence-corrected chi connectivity index (χ4v) is 3.40. The van der Waals surface area contributed by atoms with Crippen LogP contribution in [-0.4, -0.2) is 33.8 Å². The molecular weight excluding hydrogens is 374 g/mol. The van der Waals surface area contributed by atoms with Crippen LogP contribution in [-0.2, 0) is 29.3 Å². The summed E-state index contributed by atoms with van der Waals surface area (Å²) in [5.74, 6) is -1.71. The minimum absolute atomic E-state index is 0.133. The van der Waals surface area contributed by atoms with Crippen molar-refractivity contribution in [3.8, 4) is 0 Å². The molecule has 0 aromatic heterocycles. The van der Waals surface area contributed by atoms with Gasteiger partial charge in [0.25, 0.3) is 0 Å². The predicted octanol–water partition coefficient (Wildman–Crippen LogP) is 5.63. The lowest BCUT2D eigenvalue weighted by atomic mass is 9.93. The third-order valence-electron chi connectivity index (χ3n) is 4.84. The number of hydrogen-bond donors (Lipinski definition) is 1. The molecule has 0 radical (unpaired) electrons. The van der Waals surface area contributed by atoms with Crippen LogP contribution >= 0.6 is 0 Å². The Labute approximate surface area is 175 Å². The van der Waals surface area contributed by atoms with E-state index in [9.17, 15) is 0 Å². The van der Waals surface area contributed by atoms with E-state index < -0.39 is 5.97 Å². The summed E-state index contributed by atoms with van der Waals surface area (Å²) in [4.78, 5) is 30.8. The normalized spacial score (nSPS) is 12.8.